The lowest BCUT2D eigenvalue weighted by Gasteiger charge is -2.33. The van der Waals surface area contributed by atoms with Crippen LogP contribution in [0.15, 0.2) is 133 Å². The number of rotatable bonds is 13. The summed E-state index contributed by atoms with van der Waals surface area (Å²) in [5, 5.41) is 3.76. The van der Waals surface area contributed by atoms with Crippen molar-refractivity contribution >= 4 is 74.2 Å². The number of sulfonamides is 3. The molecule has 1 aliphatic carbocycles. The minimum Gasteiger partial charge on any atom is -0.462 e. The molecule has 7 rings (SSSR count). The molecule has 350 valence electrons. The smallest absolute Gasteiger partial charge is 0.462 e. The van der Waals surface area contributed by atoms with E-state index in [2.05, 4.69) is 10.3 Å². The fourth-order valence-corrected chi connectivity index (χ4v) is 11.6. The van der Waals surface area contributed by atoms with E-state index in [9.17, 15) is 56.2 Å². The minimum atomic E-state index is -6.23. The Balaban J connectivity index is 1.29. The van der Waals surface area contributed by atoms with Gasteiger partial charge in [-0.3, -0.25) is 9.35 Å². The van der Waals surface area contributed by atoms with E-state index in [1.807, 2.05) is 6.92 Å². The van der Waals surface area contributed by atoms with Crippen molar-refractivity contribution < 1.29 is 65.3 Å². The second kappa shape index (κ2) is 17.8. The van der Waals surface area contributed by atoms with E-state index in [-0.39, 0.29) is 69.8 Å². The predicted molar refractivity (Wildman–Crippen MR) is 237 cm³/mol. The van der Waals surface area contributed by atoms with Gasteiger partial charge in [-0.25, -0.2) is 30.2 Å². The van der Waals surface area contributed by atoms with Gasteiger partial charge in [0.2, 0.25) is 10.0 Å². The summed E-state index contributed by atoms with van der Waals surface area (Å²) in [5.41, 5.74) is -4.39. The molecule has 1 saturated heterocycles. The predicted octanol–water partition coefficient (Wildman–Crippen LogP) is 7.69. The Bertz CT molecular complexity index is 3350. The van der Waals surface area contributed by atoms with Gasteiger partial charge in [-0.05, 0) is 106 Å². The number of alkyl halides is 3. The largest absolute Gasteiger partial charge is 0.512 e. The average Bonchev–Trinajstić information content (AvgIpc) is 3.25. The molecule has 0 unspecified atom stereocenters. The number of fused-ring (bicyclic) bond motifs is 2. The molecule has 0 atom stereocenters. The molecule has 16 nitrogen and oxygen atoms in total. The maximum Gasteiger partial charge on any atom is 0.512 e. The third kappa shape index (κ3) is 10.2. The van der Waals surface area contributed by atoms with Crippen molar-refractivity contribution in [3.63, 3.8) is 0 Å². The number of piperidine rings is 1. The van der Waals surface area contributed by atoms with Crippen molar-refractivity contribution in [1.82, 2.24) is 8.43 Å². The first-order chi connectivity index (χ1) is 30.8. The molecular formula is C43H41F3N4O12S4. The van der Waals surface area contributed by atoms with Crippen LogP contribution in [0.4, 0.5) is 30.2 Å². The molecule has 0 radical (unpaired) electrons. The number of halogens is 3. The molecule has 0 spiro atoms. The summed E-state index contributed by atoms with van der Waals surface area (Å²) in [6.07, 6.45) is 0.680. The number of ether oxygens (including phenoxy) is 1. The SMILES string of the molecule is CCC(C)(C)C(=O)OC1CCN(S(=O)(=O)c2ccccc2-c2c3cc/c(=N\c4cccc(S(=O)(=O)O)c4)cc-3oc3cc(Nc4ccc(S(=O)(=O)NS(=O)(=O)C(F)(F)F)cc4)ccc23)CC1. The molecule has 23 heteroatoms. The molecular weight excluding hydrogens is 950 g/mol. The Labute approximate surface area is 378 Å². The third-order valence-corrected chi connectivity index (χ3v) is 17.0. The van der Waals surface area contributed by atoms with Crippen molar-refractivity contribution in [2.75, 3.05) is 18.4 Å². The van der Waals surface area contributed by atoms with Crippen molar-refractivity contribution in [3.05, 3.63) is 115 Å². The number of nitrogens with one attached hydrogen (secondary N) is 2. The number of hydrogen-bond acceptors (Lipinski definition) is 13. The van der Waals surface area contributed by atoms with E-state index >= 15 is 0 Å². The molecule has 0 aromatic heterocycles. The first kappa shape index (κ1) is 48.2. The number of nitrogens with zero attached hydrogens (tertiary/aromatic N) is 2. The highest BCUT2D eigenvalue weighted by Crippen LogP contribution is 2.44. The molecule has 0 bridgehead atoms. The van der Waals surface area contributed by atoms with Gasteiger partial charge in [-0.15, -0.1) is 0 Å². The lowest BCUT2D eigenvalue weighted by Crippen LogP contribution is -2.42. The summed E-state index contributed by atoms with van der Waals surface area (Å²) in [6.45, 7) is 5.63. The number of hydrogen-bond donors (Lipinski definition) is 3. The molecule has 4 aromatic carbocycles. The summed E-state index contributed by atoms with van der Waals surface area (Å²) >= 11 is 0. The summed E-state index contributed by atoms with van der Waals surface area (Å²) < 4.78 is 163. The van der Waals surface area contributed by atoms with Crippen LogP contribution in [0.25, 0.3) is 33.4 Å². The van der Waals surface area contributed by atoms with Gasteiger partial charge in [0, 0.05) is 58.7 Å². The number of carbonyl (C=O) groups excluding carboxylic acids is 1. The van der Waals surface area contributed by atoms with Crippen LogP contribution in [-0.4, -0.2) is 73.2 Å². The zero-order valence-electron chi connectivity index (χ0n) is 35.1. The van der Waals surface area contributed by atoms with Crippen LogP contribution in [0.5, 0.6) is 0 Å². The van der Waals surface area contributed by atoms with Crippen LogP contribution >= 0.6 is 0 Å². The normalized spacial score (nSPS) is 15.3. The maximum absolute atomic E-state index is 14.6. The number of benzene rings is 5. The van der Waals surface area contributed by atoms with E-state index in [0.29, 0.717) is 38.3 Å². The second-order valence-electron chi connectivity index (χ2n) is 15.9. The van der Waals surface area contributed by atoms with E-state index in [1.165, 1.54) is 46.8 Å². The van der Waals surface area contributed by atoms with Gasteiger partial charge in [-0.2, -0.15) is 25.9 Å². The lowest BCUT2D eigenvalue weighted by atomic mass is 9.90. The molecule has 2 aliphatic heterocycles. The summed E-state index contributed by atoms with van der Waals surface area (Å²) in [6, 6.07) is 25.5. The van der Waals surface area contributed by atoms with E-state index in [1.54, 1.807) is 68.4 Å². The van der Waals surface area contributed by atoms with Gasteiger partial charge in [0.1, 0.15) is 17.4 Å². The fourth-order valence-electron chi connectivity index (χ4n) is 6.99. The number of anilines is 2. The van der Waals surface area contributed by atoms with Crippen molar-refractivity contribution in [2.24, 2.45) is 10.4 Å². The minimum absolute atomic E-state index is 0.0214. The van der Waals surface area contributed by atoms with Gasteiger partial charge >= 0.3 is 21.5 Å². The van der Waals surface area contributed by atoms with Crippen molar-refractivity contribution in [3.8, 4) is 22.5 Å². The van der Waals surface area contributed by atoms with E-state index < -0.39 is 62.1 Å². The van der Waals surface area contributed by atoms with E-state index in [4.69, 9.17) is 9.15 Å². The zero-order valence-corrected chi connectivity index (χ0v) is 38.4. The number of esters is 1. The Morgan fingerprint density at radius 3 is 2.12 bits per heavy atom. The maximum atomic E-state index is 14.6. The molecule has 0 saturated carbocycles. The Kier molecular flexibility index (Phi) is 13.0. The molecule has 1 fully saturated rings. The second-order valence-corrected chi connectivity index (χ2v) is 22.8. The van der Waals surface area contributed by atoms with Gasteiger partial charge in [0.05, 0.1) is 31.1 Å². The van der Waals surface area contributed by atoms with Gasteiger partial charge < -0.3 is 14.5 Å². The van der Waals surface area contributed by atoms with Gasteiger partial charge in [-0.1, -0.05) is 35.3 Å². The molecule has 66 heavy (non-hydrogen) atoms. The van der Waals surface area contributed by atoms with Gasteiger partial charge in [0.25, 0.3) is 20.1 Å². The van der Waals surface area contributed by atoms with Crippen LogP contribution in [0, 0.1) is 5.41 Å². The van der Waals surface area contributed by atoms with E-state index in [0.717, 1.165) is 12.1 Å². The van der Waals surface area contributed by atoms with Crippen LogP contribution in [-0.2, 0) is 49.7 Å². The highest BCUT2D eigenvalue weighted by Gasteiger charge is 2.48. The average molecular weight is 991 g/mol. The Morgan fingerprint density at radius 2 is 1.47 bits per heavy atom. The number of carbonyl (C=O) groups is 1. The van der Waals surface area contributed by atoms with Crippen LogP contribution in [0.3, 0.4) is 0 Å². The first-order valence-corrected chi connectivity index (χ1v) is 25.8. The molecule has 0 amide bonds. The van der Waals surface area contributed by atoms with Crippen LogP contribution in [0.2, 0.25) is 0 Å². The fraction of sp³-hybridized carbons (Fsp3) is 0.256. The molecule has 4 aromatic rings. The summed E-state index contributed by atoms with van der Waals surface area (Å²) in [7, 11) is -20.1. The molecule has 3 N–H and O–H groups in total. The summed E-state index contributed by atoms with van der Waals surface area (Å²) in [5.74, 6) is -0.142. The Hall–Kier alpha value is -5.69. The van der Waals surface area contributed by atoms with Crippen molar-refractivity contribution in [1.29, 1.82) is 0 Å². The lowest BCUT2D eigenvalue weighted by molar-refractivity contribution is -0.161. The zero-order chi connectivity index (χ0) is 48.0. The highest BCUT2D eigenvalue weighted by atomic mass is 32.3. The monoisotopic (exact) mass is 990 g/mol. The third-order valence-electron chi connectivity index (χ3n) is 10.9. The molecule has 2 heterocycles. The standard InChI is InChI=1S/C43H41F3N4O12S4/c1-4-42(2,3)41(51)61-31-20-22-50(23-21-31)64(54,55)39-11-6-5-10-36(39)40-34-18-14-29(47-27-12-16-32(17-13-27)63(52,53)49-66(59,60)43(44,45)46)25-37(34)62-38-26-30(15-19-35(38)40)48-28-8-7-9-33(24-28)65(56,57)58/h5-19,24-26,31,47,49H,4,20-23H2,1-3H3,(H,56,57,58)/b48-30+. The van der Waals surface area contributed by atoms with Crippen molar-refractivity contribution in [2.45, 2.75) is 66.3 Å². The highest BCUT2D eigenvalue weighted by molar-refractivity contribution is 8.05. The first-order valence-electron chi connectivity index (χ1n) is 19.9. The molecule has 3 aliphatic rings. The quantitative estimate of drug-likeness (QED) is 0.0573. The Morgan fingerprint density at radius 1 is 0.803 bits per heavy atom. The summed E-state index contributed by atoms with van der Waals surface area (Å²) in [4.78, 5) is 16.1. The van der Waals surface area contributed by atoms with Crippen LogP contribution in [0.1, 0.15) is 40.0 Å². The topological polar surface area (TPSA) is 236 Å². The van der Waals surface area contributed by atoms with Crippen LogP contribution < -0.4 is 14.8 Å². The van der Waals surface area contributed by atoms with Gasteiger partial charge in [0.15, 0.2) is 0 Å².